The predicted molar refractivity (Wildman–Crippen MR) is 87.0 cm³/mol. The second-order valence-corrected chi connectivity index (χ2v) is 5.70. The predicted octanol–water partition coefficient (Wildman–Crippen LogP) is 4.39. The quantitative estimate of drug-likeness (QED) is 0.683. The van der Waals surface area contributed by atoms with Gasteiger partial charge in [0.2, 0.25) is 11.7 Å². The van der Waals surface area contributed by atoms with Crippen molar-refractivity contribution in [1.82, 2.24) is 15.5 Å². The van der Waals surface area contributed by atoms with Crippen molar-refractivity contribution >= 4 is 5.91 Å². The smallest absolute Gasteiger partial charge is 0.340 e. The molecule has 0 saturated heterocycles. The summed E-state index contributed by atoms with van der Waals surface area (Å²) in [6.45, 7) is 1.50. The monoisotopic (exact) mass is 379 g/mol. The van der Waals surface area contributed by atoms with E-state index in [0.29, 0.717) is 5.56 Å². The van der Waals surface area contributed by atoms with Gasteiger partial charge in [0.1, 0.15) is 11.9 Å². The molecule has 1 amide bonds. The van der Waals surface area contributed by atoms with Crippen molar-refractivity contribution in [1.29, 1.82) is 0 Å². The summed E-state index contributed by atoms with van der Waals surface area (Å²) in [6.07, 6.45) is -4.66. The minimum absolute atomic E-state index is 0.00663. The van der Waals surface area contributed by atoms with E-state index in [2.05, 4.69) is 15.5 Å². The fourth-order valence-electron chi connectivity index (χ4n) is 2.39. The van der Waals surface area contributed by atoms with Gasteiger partial charge in [0, 0.05) is 5.56 Å². The number of carbonyl (C=O) groups is 1. The molecule has 1 heterocycles. The number of hydrogen-bond acceptors (Lipinski definition) is 4. The van der Waals surface area contributed by atoms with E-state index in [1.165, 1.54) is 43.3 Å². The summed E-state index contributed by atoms with van der Waals surface area (Å²) in [7, 11) is 0. The number of benzene rings is 2. The maximum Gasteiger partial charge on any atom is 0.417 e. The van der Waals surface area contributed by atoms with Crippen molar-refractivity contribution in [3.8, 4) is 11.4 Å². The van der Waals surface area contributed by atoms with Gasteiger partial charge >= 0.3 is 6.18 Å². The molecule has 0 bridgehead atoms. The molecular weight excluding hydrogens is 366 g/mol. The molecule has 3 aromatic rings. The minimum Gasteiger partial charge on any atom is -0.340 e. The fourth-order valence-corrected chi connectivity index (χ4v) is 2.39. The van der Waals surface area contributed by atoms with Gasteiger partial charge in [0.15, 0.2) is 0 Å². The van der Waals surface area contributed by atoms with Crippen LogP contribution in [0.4, 0.5) is 17.6 Å². The van der Waals surface area contributed by atoms with E-state index in [9.17, 15) is 22.4 Å². The molecule has 3 rings (SSSR count). The van der Waals surface area contributed by atoms with Crippen LogP contribution >= 0.6 is 0 Å². The molecule has 0 saturated carbocycles. The molecule has 5 nitrogen and oxygen atoms in total. The van der Waals surface area contributed by atoms with Crippen molar-refractivity contribution in [2.24, 2.45) is 0 Å². The summed E-state index contributed by atoms with van der Waals surface area (Å²) in [4.78, 5) is 16.4. The summed E-state index contributed by atoms with van der Waals surface area (Å²) in [5.41, 5.74) is -1.05. The van der Waals surface area contributed by atoms with Gasteiger partial charge in [-0.15, -0.1) is 0 Å². The molecule has 9 heteroatoms. The van der Waals surface area contributed by atoms with Gasteiger partial charge in [0.05, 0.1) is 11.1 Å². The molecule has 0 spiro atoms. The lowest BCUT2D eigenvalue weighted by Gasteiger charge is -2.14. The van der Waals surface area contributed by atoms with Crippen molar-refractivity contribution in [3.63, 3.8) is 0 Å². The standard InChI is InChI=1S/C18H13F4N3O2/c1-10(17-24-15(25-27-17)11-6-8-12(19)9-7-11)23-16(26)13-4-2-3-5-14(13)18(20,21)22/h2-10H,1H3,(H,23,26)/t10-/m0/s1. The topological polar surface area (TPSA) is 68.0 Å². The maximum atomic E-state index is 13.0. The van der Waals surface area contributed by atoms with Crippen LogP contribution in [0.1, 0.15) is 34.8 Å². The first kappa shape index (κ1) is 18.6. The molecule has 2 aromatic carbocycles. The SMILES string of the molecule is C[C@H](NC(=O)c1ccccc1C(F)(F)F)c1nc(-c2ccc(F)cc2)no1. The highest BCUT2D eigenvalue weighted by atomic mass is 19.4. The molecule has 140 valence electrons. The van der Waals surface area contributed by atoms with Gasteiger partial charge < -0.3 is 9.84 Å². The van der Waals surface area contributed by atoms with E-state index in [1.54, 1.807) is 0 Å². The van der Waals surface area contributed by atoms with Crippen LogP contribution in [0, 0.1) is 5.82 Å². The average Bonchev–Trinajstić information content (AvgIpc) is 3.12. The fraction of sp³-hybridized carbons (Fsp3) is 0.167. The van der Waals surface area contributed by atoms with Gasteiger partial charge in [-0.1, -0.05) is 17.3 Å². The molecule has 0 radical (unpaired) electrons. The second kappa shape index (κ2) is 7.18. The molecule has 0 aliphatic heterocycles. The number of nitrogens with one attached hydrogen (secondary N) is 1. The lowest BCUT2D eigenvalue weighted by atomic mass is 10.1. The van der Waals surface area contributed by atoms with Crippen LogP contribution < -0.4 is 5.32 Å². The van der Waals surface area contributed by atoms with Gasteiger partial charge in [-0.05, 0) is 43.3 Å². The van der Waals surface area contributed by atoms with E-state index >= 15 is 0 Å². The first-order chi connectivity index (χ1) is 12.8. The van der Waals surface area contributed by atoms with Crippen LogP contribution in [-0.2, 0) is 6.18 Å². The van der Waals surface area contributed by atoms with Crippen LogP contribution in [0.15, 0.2) is 53.1 Å². The Hall–Kier alpha value is -3.23. The zero-order valence-corrected chi connectivity index (χ0v) is 13.9. The van der Waals surface area contributed by atoms with E-state index in [-0.39, 0.29) is 11.7 Å². The third-order valence-electron chi connectivity index (χ3n) is 3.74. The first-order valence-electron chi connectivity index (χ1n) is 7.82. The molecule has 1 aromatic heterocycles. The van der Waals surface area contributed by atoms with Gasteiger partial charge in [-0.25, -0.2) is 4.39 Å². The van der Waals surface area contributed by atoms with Crippen molar-refractivity contribution in [3.05, 3.63) is 71.4 Å². The molecule has 0 unspecified atom stereocenters. The van der Waals surface area contributed by atoms with Crippen LogP contribution in [-0.4, -0.2) is 16.0 Å². The van der Waals surface area contributed by atoms with Gasteiger partial charge in [0.25, 0.3) is 5.91 Å². The Bertz CT molecular complexity index is 952. The molecule has 0 aliphatic rings. The van der Waals surface area contributed by atoms with Gasteiger partial charge in [-0.2, -0.15) is 18.2 Å². The first-order valence-corrected chi connectivity index (χ1v) is 7.82. The van der Waals surface area contributed by atoms with Crippen LogP contribution in [0.2, 0.25) is 0 Å². The van der Waals surface area contributed by atoms with Crippen molar-refractivity contribution in [2.45, 2.75) is 19.1 Å². The Morgan fingerprint density at radius 1 is 1.11 bits per heavy atom. The Morgan fingerprint density at radius 3 is 2.44 bits per heavy atom. The third-order valence-corrected chi connectivity index (χ3v) is 3.74. The summed E-state index contributed by atoms with van der Waals surface area (Å²) in [5.74, 6) is -1.17. The number of nitrogens with zero attached hydrogens (tertiary/aromatic N) is 2. The number of amides is 1. The highest BCUT2D eigenvalue weighted by molar-refractivity contribution is 5.96. The van der Waals surface area contributed by atoms with E-state index in [1.807, 2.05) is 0 Å². The normalized spacial score (nSPS) is 12.6. The summed E-state index contributed by atoms with van der Waals surface area (Å²) < 4.78 is 57.1. The minimum atomic E-state index is -4.66. The molecule has 27 heavy (non-hydrogen) atoms. The van der Waals surface area contributed by atoms with Crippen LogP contribution in [0.3, 0.4) is 0 Å². The number of aromatic nitrogens is 2. The Morgan fingerprint density at radius 2 is 1.78 bits per heavy atom. The number of carbonyl (C=O) groups excluding carboxylic acids is 1. The summed E-state index contributed by atoms with van der Waals surface area (Å²) in [5, 5.41) is 6.14. The highest BCUT2D eigenvalue weighted by Crippen LogP contribution is 2.32. The molecule has 1 N–H and O–H groups in total. The molecule has 1 atom stereocenters. The van der Waals surface area contributed by atoms with Gasteiger partial charge in [-0.3, -0.25) is 4.79 Å². The third kappa shape index (κ3) is 4.13. The molecular formula is C18H13F4N3O2. The Balaban J connectivity index is 1.77. The molecule has 0 fully saturated rings. The number of halogens is 4. The highest BCUT2D eigenvalue weighted by Gasteiger charge is 2.35. The zero-order valence-electron chi connectivity index (χ0n) is 13.9. The lowest BCUT2D eigenvalue weighted by Crippen LogP contribution is -2.29. The summed E-state index contributed by atoms with van der Waals surface area (Å²) in [6, 6.07) is 8.99. The van der Waals surface area contributed by atoms with E-state index < -0.39 is 35.1 Å². The van der Waals surface area contributed by atoms with E-state index in [0.717, 1.165) is 12.1 Å². The summed E-state index contributed by atoms with van der Waals surface area (Å²) >= 11 is 0. The zero-order chi connectivity index (χ0) is 19.6. The number of rotatable bonds is 4. The second-order valence-electron chi connectivity index (χ2n) is 5.70. The largest absolute Gasteiger partial charge is 0.417 e. The lowest BCUT2D eigenvalue weighted by molar-refractivity contribution is -0.137. The number of hydrogen-bond donors (Lipinski definition) is 1. The number of alkyl halides is 3. The van der Waals surface area contributed by atoms with Crippen LogP contribution in [0.25, 0.3) is 11.4 Å². The van der Waals surface area contributed by atoms with Crippen molar-refractivity contribution < 1.29 is 26.9 Å². The van der Waals surface area contributed by atoms with Crippen LogP contribution in [0.5, 0.6) is 0 Å². The molecule has 0 aliphatic carbocycles. The van der Waals surface area contributed by atoms with E-state index in [4.69, 9.17) is 4.52 Å². The average molecular weight is 379 g/mol. The maximum absolute atomic E-state index is 13.0. The Labute approximate surface area is 151 Å². The van der Waals surface area contributed by atoms with Crippen molar-refractivity contribution in [2.75, 3.05) is 0 Å². The Kier molecular flexibility index (Phi) is 4.93.